The molecule has 0 amide bonds. The molecule has 1 saturated heterocycles. The molecule has 1 aromatic carbocycles. The Hall–Kier alpha value is -0.640. The van der Waals surface area contributed by atoms with Crippen LogP contribution in [0.3, 0.4) is 0 Å². The Balaban J connectivity index is 1.86. The van der Waals surface area contributed by atoms with E-state index in [1.807, 2.05) is 0 Å². The van der Waals surface area contributed by atoms with Crippen molar-refractivity contribution in [3.63, 3.8) is 0 Å². The minimum absolute atomic E-state index is 0.123. The van der Waals surface area contributed by atoms with Gasteiger partial charge in [-0.2, -0.15) is 0 Å². The van der Waals surface area contributed by atoms with Crippen LogP contribution in [0.5, 0.6) is 0 Å². The van der Waals surface area contributed by atoms with E-state index in [0.717, 1.165) is 19.0 Å². The Kier molecular flexibility index (Phi) is 3.78. The summed E-state index contributed by atoms with van der Waals surface area (Å²) in [7, 11) is 0. The summed E-state index contributed by atoms with van der Waals surface area (Å²) in [5.74, 6) is 0.537. The number of piperazine rings is 1. The maximum Gasteiger partial charge on any atom is 0.129 e. The first-order valence-corrected chi connectivity index (χ1v) is 7.80. The van der Waals surface area contributed by atoms with Crippen LogP contribution in [-0.4, -0.2) is 29.6 Å². The van der Waals surface area contributed by atoms with Crippen molar-refractivity contribution in [2.24, 2.45) is 5.92 Å². The third kappa shape index (κ3) is 2.59. The quantitative estimate of drug-likeness (QED) is 0.919. The number of hydrogen-bond donors (Lipinski definition) is 1. The van der Waals surface area contributed by atoms with E-state index >= 15 is 0 Å². The van der Waals surface area contributed by atoms with Gasteiger partial charge in [0.15, 0.2) is 0 Å². The Bertz CT molecular complexity index is 483. The summed E-state index contributed by atoms with van der Waals surface area (Å²) in [6.07, 6.45) is 2.57. The molecule has 1 heterocycles. The van der Waals surface area contributed by atoms with Crippen molar-refractivity contribution in [2.75, 3.05) is 13.1 Å². The lowest BCUT2D eigenvalue weighted by molar-refractivity contribution is 0.0304. The molecule has 2 aliphatic rings. The van der Waals surface area contributed by atoms with E-state index in [0.29, 0.717) is 23.2 Å². The van der Waals surface area contributed by atoms with Gasteiger partial charge >= 0.3 is 0 Å². The molecule has 2 unspecified atom stereocenters. The van der Waals surface area contributed by atoms with Crippen molar-refractivity contribution in [1.29, 1.82) is 0 Å². The Morgan fingerprint density at radius 2 is 2.20 bits per heavy atom. The zero-order valence-corrected chi connectivity index (χ0v) is 12.9. The van der Waals surface area contributed by atoms with E-state index in [4.69, 9.17) is 11.6 Å². The highest BCUT2D eigenvalue weighted by atomic mass is 35.5. The molecule has 0 spiro atoms. The van der Waals surface area contributed by atoms with E-state index < -0.39 is 0 Å². The molecule has 1 aliphatic heterocycles. The normalized spacial score (nSPS) is 31.5. The molecule has 1 aromatic rings. The van der Waals surface area contributed by atoms with Crippen LogP contribution in [0.4, 0.5) is 4.39 Å². The highest BCUT2D eigenvalue weighted by Crippen LogP contribution is 2.44. The maximum atomic E-state index is 14.0. The van der Waals surface area contributed by atoms with E-state index in [1.165, 1.54) is 18.9 Å². The first kappa shape index (κ1) is 14.3. The largest absolute Gasteiger partial charge is 0.311 e. The lowest BCUT2D eigenvalue weighted by Crippen LogP contribution is -2.63. The molecule has 20 heavy (non-hydrogen) atoms. The van der Waals surface area contributed by atoms with Gasteiger partial charge in [-0.05, 0) is 44.7 Å². The molecule has 0 radical (unpaired) electrons. The van der Waals surface area contributed by atoms with Crippen molar-refractivity contribution < 1.29 is 4.39 Å². The Morgan fingerprint density at radius 3 is 2.85 bits per heavy atom. The molecule has 1 saturated carbocycles. The summed E-state index contributed by atoms with van der Waals surface area (Å²) in [6, 6.07) is 5.38. The van der Waals surface area contributed by atoms with Gasteiger partial charge in [-0.15, -0.1) is 0 Å². The molecular formula is C16H22ClFN2. The first-order valence-electron chi connectivity index (χ1n) is 7.42. The van der Waals surface area contributed by atoms with E-state index in [-0.39, 0.29) is 11.4 Å². The smallest absolute Gasteiger partial charge is 0.129 e. The molecule has 0 aromatic heterocycles. The zero-order chi connectivity index (χ0) is 14.3. The summed E-state index contributed by atoms with van der Waals surface area (Å²) >= 11 is 6.19. The van der Waals surface area contributed by atoms with Crippen LogP contribution < -0.4 is 5.32 Å². The number of halogens is 2. The van der Waals surface area contributed by atoms with E-state index in [2.05, 4.69) is 24.1 Å². The molecule has 2 fully saturated rings. The van der Waals surface area contributed by atoms with Crippen LogP contribution in [0.2, 0.25) is 5.02 Å². The second-order valence-electron chi connectivity index (χ2n) is 6.49. The topological polar surface area (TPSA) is 15.3 Å². The SMILES string of the molecule is CC1CN(Cc2c(F)cccc2Cl)C(C)(C2CC2)CN1. The van der Waals surface area contributed by atoms with Gasteiger partial charge in [-0.1, -0.05) is 17.7 Å². The third-order valence-corrected chi connectivity index (χ3v) is 5.25. The molecule has 4 heteroatoms. The van der Waals surface area contributed by atoms with Crippen molar-refractivity contribution in [1.82, 2.24) is 10.2 Å². The monoisotopic (exact) mass is 296 g/mol. The molecule has 2 atom stereocenters. The average molecular weight is 297 g/mol. The summed E-state index contributed by atoms with van der Waals surface area (Å²) in [6.45, 7) is 7.01. The molecule has 0 bridgehead atoms. The van der Waals surface area contributed by atoms with Crippen molar-refractivity contribution in [2.45, 2.75) is 44.8 Å². The van der Waals surface area contributed by atoms with Crippen molar-refractivity contribution in [3.8, 4) is 0 Å². The van der Waals surface area contributed by atoms with E-state index in [1.54, 1.807) is 12.1 Å². The van der Waals surface area contributed by atoms with Gasteiger partial charge in [0, 0.05) is 41.8 Å². The van der Waals surface area contributed by atoms with Crippen molar-refractivity contribution in [3.05, 3.63) is 34.6 Å². The molecule has 3 rings (SSSR count). The standard InChI is InChI=1S/C16H22ClFN2/c1-11-8-20(16(2,10-19-11)12-6-7-12)9-13-14(17)4-3-5-15(13)18/h3-5,11-12,19H,6-10H2,1-2H3. The Labute approximate surface area is 125 Å². The fourth-order valence-electron chi connectivity index (χ4n) is 3.32. The first-order chi connectivity index (χ1) is 9.50. The highest BCUT2D eigenvalue weighted by molar-refractivity contribution is 6.31. The van der Waals surface area contributed by atoms with Gasteiger partial charge in [0.2, 0.25) is 0 Å². The number of rotatable bonds is 3. The summed E-state index contributed by atoms with van der Waals surface area (Å²) in [5.41, 5.74) is 0.758. The van der Waals surface area contributed by atoms with Crippen LogP contribution >= 0.6 is 11.6 Å². The van der Waals surface area contributed by atoms with Gasteiger partial charge in [-0.25, -0.2) is 4.39 Å². The second kappa shape index (κ2) is 5.28. The summed E-state index contributed by atoms with van der Waals surface area (Å²) < 4.78 is 14.0. The fraction of sp³-hybridized carbons (Fsp3) is 0.625. The molecule has 110 valence electrons. The Morgan fingerprint density at radius 1 is 1.45 bits per heavy atom. The predicted octanol–water partition coefficient (Wildman–Crippen LogP) is 3.44. The maximum absolute atomic E-state index is 14.0. The van der Waals surface area contributed by atoms with E-state index in [9.17, 15) is 4.39 Å². The lowest BCUT2D eigenvalue weighted by Gasteiger charge is -2.48. The summed E-state index contributed by atoms with van der Waals surface area (Å²) in [5, 5.41) is 4.11. The molecule has 1 N–H and O–H groups in total. The number of nitrogens with zero attached hydrogens (tertiary/aromatic N) is 1. The summed E-state index contributed by atoms with van der Waals surface area (Å²) in [4.78, 5) is 2.43. The van der Waals surface area contributed by atoms with Gasteiger partial charge in [0.1, 0.15) is 5.82 Å². The van der Waals surface area contributed by atoms with Crippen LogP contribution in [0.25, 0.3) is 0 Å². The second-order valence-corrected chi connectivity index (χ2v) is 6.90. The number of nitrogens with one attached hydrogen (secondary N) is 1. The van der Waals surface area contributed by atoms with Crippen LogP contribution in [0, 0.1) is 11.7 Å². The van der Waals surface area contributed by atoms with Crippen LogP contribution in [0.15, 0.2) is 18.2 Å². The van der Waals surface area contributed by atoms with Gasteiger partial charge < -0.3 is 5.32 Å². The van der Waals surface area contributed by atoms with Gasteiger partial charge in [-0.3, -0.25) is 4.90 Å². The zero-order valence-electron chi connectivity index (χ0n) is 12.1. The molecule has 2 nitrogen and oxygen atoms in total. The fourth-order valence-corrected chi connectivity index (χ4v) is 3.55. The van der Waals surface area contributed by atoms with Gasteiger partial charge in [0.25, 0.3) is 0 Å². The highest BCUT2D eigenvalue weighted by Gasteiger charge is 2.47. The van der Waals surface area contributed by atoms with Crippen molar-refractivity contribution >= 4 is 11.6 Å². The molecule has 1 aliphatic carbocycles. The minimum Gasteiger partial charge on any atom is -0.311 e. The van der Waals surface area contributed by atoms with Crippen LogP contribution in [-0.2, 0) is 6.54 Å². The predicted molar refractivity (Wildman–Crippen MR) is 80.4 cm³/mol. The molecular weight excluding hydrogens is 275 g/mol. The minimum atomic E-state index is -0.193. The number of hydrogen-bond acceptors (Lipinski definition) is 2. The average Bonchev–Trinajstić information content (AvgIpc) is 3.23. The third-order valence-electron chi connectivity index (χ3n) is 4.89. The number of benzene rings is 1. The lowest BCUT2D eigenvalue weighted by atomic mass is 9.89. The van der Waals surface area contributed by atoms with Gasteiger partial charge in [0.05, 0.1) is 0 Å². The van der Waals surface area contributed by atoms with Crippen LogP contribution in [0.1, 0.15) is 32.3 Å².